The predicted octanol–water partition coefficient (Wildman–Crippen LogP) is 1.20. The number of rotatable bonds is 4. The highest BCUT2D eigenvalue weighted by molar-refractivity contribution is 7.94. The molecule has 1 aromatic heterocycles. The van der Waals surface area contributed by atoms with Gasteiger partial charge in [-0.2, -0.15) is 5.10 Å². The lowest BCUT2D eigenvalue weighted by Gasteiger charge is -2.28. The number of sulfone groups is 1. The molecule has 0 saturated carbocycles. The van der Waals surface area contributed by atoms with Crippen LogP contribution in [0.25, 0.3) is 0 Å². The second kappa shape index (κ2) is 5.87. The summed E-state index contributed by atoms with van der Waals surface area (Å²) >= 11 is 0. The molecule has 1 atom stereocenters. The number of carbonyl (C=O) groups excluding carboxylic acids is 1. The first-order valence-corrected chi connectivity index (χ1v) is 9.44. The van der Waals surface area contributed by atoms with E-state index in [1.165, 1.54) is 5.41 Å². The van der Waals surface area contributed by atoms with Gasteiger partial charge in [-0.3, -0.25) is 9.89 Å². The summed E-state index contributed by atoms with van der Waals surface area (Å²) in [6.45, 7) is 3.37. The molecule has 0 aliphatic carbocycles. The maximum atomic E-state index is 12.4. The first-order chi connectivity index (χ1) is 10.5. The van der Waals surface area contributed by atoms with Gasteiger partial charge < -0.3 is 4.90 Å². The molecule has 2 aliphatic heterocycles. The van der Waals surface area contributed by atoms with E-state index in [0.29, 0.717) is 13.1 Å². The van der Waals surface area contributed by atoms with E-state index in [9.17, 15) is 13.2 Å². The van der Waals surface area contributed by atoms with Crippen molar-refractivity contribution in [2.45, 2.75) is 39.2 Å². The third-order valence-corrected chi connectivity index (χ3v) is 5.76. The molecule has 0 fully saturated rings. The lowest BCUT2D eigenvalue weighted by molar-refractivity contribution is -0.132. The van der Waals surface area contributed by atoms with Crippen LogP contribution in [0.1, 0.15) is 36.7 Å². The molecule has 0 aromatic carbocycles. The van der Waals surface area contributed by atoms with Crippen molar-refractivity contribution in [3.05, 3.63) is 28.4 Å². The van der Waals surface area contributed by atoms with E-state index < -0.39 is 9.84 Å². The number of nitrogens with one attached hydrogen (secondary N) is 1. The van der Waals surface area contributed by atoms with Crippen molar-refractivity contribution in [3.8, 4) is 0 Å². The molecule has 1 amide bonds. The second-order valence-electron chi connectivity index (χ2n) is 6.06. The predicted molar refractivity (Wildman–Crippen MR) is 82.7 cm³/mol. The van der Waals surface area contributed by atoms with E-state index in [4.69, 9.17) is 0 Å². The number of aromatic nitrogens is 2. The van der Waals surface area contributed by atoms with E-state index in [0.717, 1.165) is 36.2 Å². The standard InChI is InChI=1S/C15H21N3O3S/c1-2-3-13-12-9-18(6-4-14(12)17-16-13)15(19)8-11-5-7-22(20,21)10-11/h5,7,11H,2-4,6,8-10H2,1H3,(H,16,17). The number of aromatic amines is 1. The third-order valence-electron chi connectivity index (χ3n) is 4.30. The average molecular weight is 323 g/mol. The van der Waals surface area contributed by atoms with Crippen molar-refractivity contribution >= 4 is 15.7 Å². The van der Waals surface area contributed by atoms with Gasteiger partial charge in [0.15, 0.2) is 9.84 Å². The third kappa shape index (κ3) is 3.09. The van der Waals surface area contributed by atoms with Crippen molar-refractivity contribution in [3.63, 3.8) is 0 Å². The number of amides is 1. The maximum Gasteiger partial charge on any atom is 0.223 e. The second-order valence-corrected chi connectivity index (χ2v) is 8.00. The molecule has 3 rings (SSSR count). The van der Waals surface area contributed by atoms with Gasteiger partial charge in [-0.05, 0) is 6.42 Å². The number of allylic oxidation sites excluding steroid dienone is 1. The van der Waals surface area contributed by atoms with Crippen molar-refractivity contribution in [1.29, 1.82) is 0 Å². The highest BCUT2D eigenvalue weighted by Gasteiger charge is 2.29. The monoisotopic (exact) mass is 323 g/mol. The Morgan fingerprint density at radius 2 is 2.32 bits per heavy atom. The summed E-state index contributed by atoms with van der Waals surface area (Å²) in [5, 5.41) is 8.66. The van der Waals surface area contributed by atoms with Gasteiger partial charge in [0.25, 0.3) is 0 Å². The van der Waals surface area contributed by atoms with E-state index in [-0.39, 0.29) is 24.0 Å². The SMILES string of the molecule is CCCc1n[nH]c2c1CN(C(=O)CC1C=CS(=O)(=O)C1)CC2. The Morgan fingerprint density at radius 3 is 3.00 bits per heavy atom. The maximum absolute atomic E-state index is 12.4. The van der Waals surface area contributed by atoms with Crippen LogP contribution in [-0.4, -0.2) is 41.7 Å². The van der Waals surface area contributed by atoms with Gasteiger partial charge in [-0.15, -0.1) is 0 Å². The van der Waals surface area contributed by atoms with Gasteiger partial charge in [0, 0.05) is 48.5 Å². The molecule has 0 radical (unpaired) electrons. The highest BCUT2D eigenvalue weighted by Crippen LogP contribution is 2.24. The first kappa shape index (κ1) is 15.3. The van der Waals surface area contributed by atoms with Gasteiger partial charge in [-0.25, -0.2) is 8.42 Å². The Labute approximate surface area is 130 Å². The fourth-order valence-corrected chi connectivity index (χ4v) is 4.53. The fourth-order valence-electron chi connectivity index (χ4n) is 3.13. The van der Waals surface area contributed by atoms with Crippen LogP contribution in [0.3, 0.4) is 0 Å². The molecule has 1 aromatic rings. The van der Waals surface area contributed by atoms with Gasteiger partial charge in [-0.1, -0.05) is 19.4 Å². The van der Waals surface area contributed by atoms with Crippen LogP contribution in [0.2, 0.25) is 0 Å². The molecule has 1 N–H and O–H groups in total. The van der Waals surface area contributed by atoms with Crippen molar-refractivity contribution < 1.29 is 13.2 Å². The number of nitrogens with zero attached hydrogens (tertiary/aromatic N) is 2. The smallest absolute Gasteiger partial charge is 0.223 e. The molecular weight excluding hydrogens is 302 g/mol. The van der Waals surface area contributed by atoms with Crippen LogP contribution in [-0.2, 0) is 34.0 Å². The summed E-state index contributed by atoms with van der Waals surface area (Å²) in [7, 11) is -3.09. The Balaban J connectivity index is 1.65. The van der Waals surface area contributed by atoms with Crippen LogP contribution >= 0.6 is 0 Å². The van der Waals surface area contributed by atoms with E-state index in [1.54, 1.807) is 6.08 Å². The number of hydrogen-bond acceptors (Lipinski definition) is 4. The molecule has 0 spiro atoms. The summed E-state index contributed by atoms with van der Waals surface area (Å²) < 4.78 is 22.8. The number of carbonyl (C=O) groups is 1. The minimum atomic E-state index is -3.09. The lowest BCUT2D eigenvalue weighted by atomic mass is 10.0. The molecule has 3 heterocycles. The van der Waals surface area contributed by atoms with Gasteiger partial charge >= 0.3 is 0 Å². The van der Waals surface area contributed by atoms with Crippen molar-refractivity contribution in [2.75, 3.05) is 12.3 Å². The molecular formula is C15H21N3O3S. The van der Waals surface area contributed by atoms with Crippen LogP contribution in [0.5, 0.6) is 0 Å². The zero-order valence-corrected chi connectivity index (χ0v) is 13.5. The van der Waals surface area contributed by atoms with Crippen LogP contribution < -0.4 is 0 Å². The van der Waals surface area contributed by atoms with Crippen molar-refractivity contribution in [2.24, 2.45) is 5.92 Å². The van der Waals surface area contributed by atoms with Gasteiger partial charge in [0.1, 0.15) is 0 Å². The van der Waals surface area contributed by atoms with E-state index in [2.05, 4.69) is 17.1 Å². The Hall–Kier alpha value is -1.63. The van der Waals surface area contributed by atoms with Crippen molar-refractivity contribution in [1.82, 2.24) is 15.1 Å². The zero-order valence-electron chi connectivity index (χ0n) is 12.7. The summed E-state index contributed by atoms with van der Waals surface area (Å²) in [4.78, 5) is 14.3. The Morgan fingerprint density at radius 1 is 1.50 bits per heavy atom. The number of fused-ring (bicyclic) bond motifs is 1. The lowest BCUT2D eigenvalue weighted by Crippen LogP contribution is -2.37. The molecule has 22 heavy (non-hydrogen) atoms. The summed E-state index contributed by atoms with van der Waals surface area (Å²) in [6.07, 6.45) is 4.64. The summed E-state index contributed by atoms with van der Waals surface area (Å²) in [5.74, 6) is -0.0932. The van der Waals surface area contributed by atoms with E-state index >= 15 is 0 Å². The van der Waals surface area contributed by atoms with Gasteiger partial charge in [0.2, 0.25) is 5.91 Å². The Kier molecular flexibility index (Phi) is 4.08. The van der Waals surface area contributed by atoms with Crippen LogP contribution in [0.15, 0.2) is 11.5 Å². The molecule has 0 bridgehead atoms. The topological polar surface area (TPSA) is 83.1 Å². The first-order valence-electron chi connectivity index (χ1n) is 7.72. The molecule has 1 unspecified atom stereocenters. The van der Waals surface area contributed by atoms with Gasteiger partial charge in [0.05, 0.1) is 11.4 Å². The number of H-pyrrole nitrogens is 1. The van der Waals surface area contributed by atoms with E-state index in [1.807, 2.05) is 4.90 Å². The minimum absolute atomic E-state index is 0.0287. The average Bonchev–Trinajstić information content (AvgIpc) is 3.02. The highest BCUT2D eigenvalue weighted by atomic mass is 32.2. The number of hydrogen-bond donors (Lipinski definition) is 1. The Bertz CT molecular complexity index is 706. The normalized spacial score (nSPS) is 22.8. The summed E-state index contributed by atoms with van der Waals surface area (Å²) in [5.41, 5.74) is 3.34. The number of aryl methyl sites for hydroxylation is 1. The van der Waals surface area contributed by atoms with Crippen LogP contribution in [0.4, 0.5) is 0 Å². The largest absolute Gasteiger partial charge is 0.338 e. The molecule has 7 heteroatoms. The molecule has 0 saturated heterocycles. The quantitative estimate of drug-likeness (QED) is 0.902. The van der Waals surface area contributed by atoms with Crippen LogP contribution in [0, 0.1) is 5.92 Å². The zero-order chi connectivity index (χ0) is 15.7. The molecule has 2 aliphatic rings. The minimum Gasteiger partial charge on any atom is -0.338 e. The summed E-state index contributed by atoms with van der Waals surface area (Å²) in [6, 6.07) is 0. The molecule has 6 nitrogen and oxygen atoms in total. The fraction of sp³-hybridized carbons (Fsp3) is 0.600. The molecule has 120 valence electrons.